The molecule has 2 N–H and O–H groups in total. The number of halogens is 2. The smallest absolute Gasteiger partial charge is 0.123 e. The molecule has 0 aliphatic rings. The molecular formula is C10H9BrFNS. The predicted molar refractivity (Wildman–Crippen MR) is 64.5 cm³/mol. The van der Waals surface area contributed by atoms with E-state index in [4.69, 9.17) is 18.0 Å². The summed E-state index contributed by atoms with van der Waals surface area (Å²) in [6.45, 7) is 1.79. The highest BCUT2D eigenvalue weighted by Gasteiger charge is 2.06. The number of hydrogen-bond donors (Lipinski definition) is 1. The summed E-state index contributed by atoms with van der Waals surface area (Å²) < 4.78 is 13.7. The lowest BCUT2D eigenvalue weighted by atomic mass is 10.1. The van der Waals surface area contributed by atoms with E-state index in [1.165, 1.54) is 17.5 Å². The van der Waals surface area contributed by atoms with Crippen LogP contribution in [0.1, 0.15) is 12.5 Å². The molecular weight excluding hydrogens is 265 g/mol. The largest absolute Gasteiger partial charge is 0.398 e. The quantitative estimate of drug-likeness (QED) is 0.661. The Morgan fingerprint density at radius 1 is 1.57 bits per heavy atom. The third kappa shape index (κ3) is 2.39. The zero-order chi connectivity index (χ0) is 10.7. The van der Waals surface area contributed by atoms with Crippen LogP contribution in [0.4, 0.5) is 4.39 Å². The van der Waals surface area contributed by atoms with Gasteiger partial charge in [0.1, 0.15) is 5.82 Å². The van der Waals surface area contributed by atoms with E-state index in [1.54, 1.807) is 13.0 Å². The van der Waals surface area contributed by atoms with Crippen molar-refractivity contribution in [2.75, 3.05) is 0 Å². The molecule has 1 aromatic rings. The Morgan fingerprint density at radius 3 is 2.79 bits per heavy atom. The minimum absolute atomic E-state index is 0.316. The van der Waals surface area contributed by atoms with Gasteiger partial charge in [0.05, 0.1) is 0 Å². The van der Waals surface area contributed by atoms with Crippen molar-refractivity contribution in [1.82, 2.24) is 0 Å². The Hall–Kier alpha value is -0.740. The van der Waals surface area contributed by atoms with Crippen molar-refractivity contribution in [2.24, 2.45) is 5.73 Å². The molecule has 0 saturated carbocycles. The molecule has 0 fully saturated rings. The Balaban J connectivity index is 3.32. The molecule has 1 aromatic carbocycles. The molecule has 0 aliphatic carbocycles. The standard InChI is InChI=1S/C10H9BrFNS/c1-6(5-14)10(13)8-4-7(12)2-3-9(8)11/h2-5H,13H2,1H3/b10-6-. The summed E-state index contributed by atoms with van der Waals surface area (Å²) in [7, 11) is 0. The topological polar surface area (TPSA) is 26.0 Å². The van der Waals surface area contributed by atoms with Gasteiger partial charge in [-0.1, -0.05) is 28.1 Å². The molecule has 0 heterocycles. The van der Waals surface area contributed by atoms with Crippen molar-refractivity contribution in [3.8, 4) is 0 Å². The Bertz CT molecular complexity index is 401. The second-order valence-electron chi connectivity index (χ2n) is 2.84. The number of nitrogens with two attached hydrogens (primary N) is 1. The molecule has 0 atom stereocenters. The lowest BCUT2D eigenvalue weighted by molar-refractivity contribution is 0.627. The molecule has 0 amide bonds. The summed E-state index contributed by atoms with van der Waals surface area (Å²) in [6.07, 6.45) is 0. The monoisotopic (exact) mass is 273 g/mol. The van der Waals surface area contributed by atoms with Crippen LogP contribution in [0.2, 0.25) is 0 Å². The fourth-order valence-electron chi connectivity index (χ4n) is 0.980. The van der Waals surface area contributed by atoms with Crippen molar-refractivity contribution in [2.45, 2.75) is 6.92 Å². The third-order valence-corrected chi connectivity index (χ3v) is 2.87. The minimum Gasteiger partial charge on any atom is -0.398 e. The summed E-state index contributed by atoms with van der Waals surface area (Å²) >= 11 is 8.05. The number of allylic oxidation sites excluding steroid dienone is 1. The molecule has 14 heavy (non-hydrogen) atoms. The fraction of sp³-hybridized carbons (Fsp3) is 0.100. The predicted octanol–water partition coefficient (Wildman–Crippen LogP) is 3.28. The molecule has 0 aromatic heterocycles. The van der Waals surface area contributed by atoms with E-state index in [-0.39, 0.29) is 5.82 Å². The molecule has 4 heteroatoms. The van der Waals surface area contributed by atoms with E-state index in [2.05, 4.69) is 15.9 Å². The molecule has 1 rings (SSSR count). The number of rotatable bonds is 2. The summed E-state index contributed by atoms with van der Waals surface area (Å²) in [5, 5.41) is 1.48. The van der Waals surface area contributed by atoms with Gasteiger partial charge in [0.15, 0.2) is 0 Å². The average Bonchev–Trinajstić information content (AvgIpc) is 2.19. The molecule has 0 spiro atoms. The van der Waals surface area contributed by atoms with E-state index in [0.717, 1.165) is 10.0 Å². The normalized spacial score (nSPS) is 12.2. The Morgan fingerprint density at radius 2 is 2.21 bits per heavy atom. The second kappa shape index (κ2) is 4.66. The van der Waals surface area contributed by atoms with Gasteiger partial charge in [0.2, 0.25) is 0 Å². The zero-order valence-corrected chi connectivity index (χ0v) is 9.95. The van der Waals surface area contributed by atoms with Crippen LogP contribution >= 0.6 is 28.1 Å². The van der Waals surface area contributed by atoms with Crippen LogP contribution in [0.5, 0.6) is 0 Å². The lowest BCUT2D eigenvalue weighted by Gasteiger charge is -2.06. The van der Waals surface area contributed by atoms with Crippen LogP contribution in [0.3, 0.4) is 0 Å². The molecule has 74 valence electrons. The van der Waals surface area contributed by atoms with Gasteiger partial charge in [-0.05, 0) is 30.7 Å². The second-order valence-corrected chi connectivity index (χ2v) is 3.93. The Labute approximate surface area is 95.9 Å². The van der Waals surface area contributed by atoms with Gasteiger partial charge in [0, 0.05) is 21.1 Å². The Kier molecular flexibility index (Phi) is 3.77. The first-order valence-corrected chi connectivity index (χ1v) is 5.19. The zero-order valence-electron chi connectivity index (χ0n) is 7.55. The van der Waals surface area contributed by atoms with Crippen molar-refractivity contribution >= 4 is 39.2 Å². The highest BCUT2D eigenvalue weighted by atomic mass is 79.9. The summed E-state index contributed by atoms with van der Waals surface area (Å²) in [5.41, 5.74) is 7.68. The molecule has 0 aliphatic heterocycles. The van der Waals surface area contributed by atoms with Crippen LogP contribution in [0.15, 0.2) is 28.2 Å². The highest BCUT2D eigenvalue weighted by molar-refractivity contribution is 9.10. The van der Waals surface area contributed by atoms with E-state index < -0.39 is 0 Å². The van der Waals surface area contributed by atoms with Crippen molar-refractivity contribution < 1.29 is 4.39 Å². The van der Waals surface area contributed by atoms with Gasteiger partial charge >= 0.3 is 0 Å². The summed E-state index contributed by atoms with van der Waals surface area (Å²) in [4.78, 5) is 0. The maximum atomic E-state index is 12.9. The third-order valence-electron chi connectivity index (χ3n) is 1.82. The molecule has 1 nitrogen and oxygen atoms in total. The number of thiocarbonyl (C=S) groups is 1. The SMILES string of the molecule is C/C(C=S)=C(/N)c1cc(F)ccc1Br. The summed E-state index contributed by atoms with van der Waals surface area (Å²) in [6, 6.07) is 4.36. The van der Waals surface area contributed by atoms with Crippen molar-refractivity contribution in [3.63, 3.8) is 0 Å². The van der Waals surface area contributed by atoms with Gasteiger partial charge in [-0.3, -0.25) is 0 Å². The molecule has 0 unspecified atom stereocenters. The summed E-state index contributed by atoms with van der Waals surface area (Å²) in [5.74, 6) is -0.316. The van der Waals surface area contributed by atoms with Crippen LogP contribution in [-0.2, 0) is 0 Å². The minimum atomic E-state index is -0.316. The fourth-order valence-corrected chi connectivity index (χ4v) is 1.57. The van der Waals surface area contributed by atoms with Gasteiger partial charge < -0.3 is 5.73 Å². The van der Waals surface area contributed by atoms with Crippen LogP contribution in [-0.4, -0.2) is 5.37 Å². The van der Waals surface area contributed by atoms with E-state index >= 15 is 0 Å². The first-order chi connectivity index (χ1) is 6.56. The van der Waals surface area contributed by atoms with Crippen molar-refractivity contribution in [3.05, 3.63) is 39.6 Å². The number of benzene rings is 1. The first kappa shape index (κ1) is 11.3. The van der Waals surface area contributed by atoms with Crippen LogP contribution in [0, 0.1) is 5.82 Å². The maximum Gasteiger partial charge on any atom is 0.123 e. The van der Waals surface area contributed by atoms with Gasteiger partial charge in [-0.15, -0.1) is 0 Å². The number of hydrogen-bond acceptors (Lipinski definition) is 2. The molecule has 0 saturated heterocycles. The molecule has 0 radical (unpaired) electrons. The van der Waals surface area contributed by atoms with Gasteiger partial charge in [-0.2, -0.15) is 0 Å². The van der Waals surface area contributed by atoms with E-state index in [1.807, 2.05) is 0 Å². The molecule has 0 bridgehead atoms. The van der Waals surface area contributed by atoms with Gasteiger partial charge in [-0.25, -0.2) is 4.39 Å². The van der Waals surface area contributed by atoms with E-state index in [0.29, 0.717) is 11.3 Å². The maximum absolute atomic E-state index is 12.9. The van der Waals surface area contributed by atoms with Crippen molar-refractivity contribution in [1.29, 1.82) is 0 Å². The van der Waals surface area contributed by atoms with Gasteiger partial charge in [0.25, 0.3) is 0 Å². The lowest BCUT2D eigenvalue weighted by Crippen LogP contribution is -2.01. The highest BCUT2D eigenvalue weighted by Crippen LogP contribution is 2.23. The average molecular weight is 274 g/mol. The van der Waals surface area contributed by atoms with Crippen LogP contribution in [0.25, 0.3) is 5.70 Å². The van der Waals surface area contributed by atoms with E-state index in [9.17, 15) is 4.39 Å². The first-order valence-electron chi connectivity index (χ1n) is 3.93. The van der Waals surface area contributed by atoms with Crippen LogP contribution < -0.4 is 5.73 Å².